The van der Waals surface area contributed by atoms with Crippen molar-refractivity contribution in [2.75, 3.05) is 11.1 Å². The average Bonchev–Trinajstić information content (AvgIpc) is 2.32. The highest BCUT2D eigenvalue weighted by molar-refractivity contribution is 9.10. The van der Waals surface area contributed by atoms with Crippen molar-refractivity contribution in [3.05, 3.63) is 57.8 Å². The predicted octanol–water partition coefficient (Wildman–Crippen LogP) is 3.73. The maximum absolute atomic E-state index is 13.1. The standard InChI is InChI=1S/C14H12BrFN2O/c1-8-4-12(2-3-13(8)16)18-14(19)9-5-10(15)7-11(17)6-9/h2-7H,17H2,1H3,(H,18,19). The van der Waals surface area contributed by atoms with Crippen molar-refractivity contribution in [1.29, 1.82) is 0 Å². The zero-order valence-electron chi connectivity index (χ0n) is 10.2. The highest BCUT2D eigenvalue weighted by atomic mass is 79.9. The van der Waals surface area contributed by atoms with Gasteiger partial charge in [0.25, 0.3) is 5.91 Å². The molecule has 1 amide bonds. The molecule has 98 valence electrons. The monoisotopic (exact) mass is 322 g/mol. The van der Waals surface area contributed by atoms with E-state index in [1.807, 2.05) is 0 Å². The lowest BCUT2D eigenvalue weighted by Gasteiger charge is -2.07. The van der Waals surface area contributed by atoms with Crippen LogP contribution in [0.4, 0.5) is 15.8 Å². The minimum Gasteiger partial charge on any atom is -0.399 e. The molecule has 0 unspecified atom stereocenters. The van der Waals surface area contributed by atoms with E-state index in [4.69, 9.17) is 5.73 Å². The van der Waals surface area contributed by atoms with Gasteiger partial charge in [-0.1, -0.05) is 15.9 Å². The normalized spacial score (nSPS) is 10.3. The molecule has 0 aliphatic heterocycles. The minimum absolute atomic E-state index is 0.293. The first-order valence-electron chi connectivity index (χ1n) is 5.59. The number of nitrogens with one attached hydrogen (secondary N) is 1. The first-order chi connectivity index (χ1) is 8.95. The summed E-state index contributed by atoms with van der Waals surface area (Å²) in [5.41, 5.74) is 7.63. The summed E-state index contributed by atoms with van der Waals surface area (Å²) < 4.78 is 13.9. The number of nitrogen functional groups attached to an aromatic ring is 1. The quantitative estimate of drug-likeness (QED) is 0.828. The molecule has 0 fully saturated rings. The predicted molar refractivity (Wildman–Crippen MR) is 77.6 cm³/mol. The van der Waals surface area contributed by atoms with Gasteiger partial charge in [-0.25, -0.2) is 4.39 Å². The second kappa shape index (κ2) is 5.40. The summed E-state index contributed by atoms with van der Waals surface area (Å²) in [4.78, 5) is 12.0. The molecule has 2 aromatic rings. The zero-order chi connectivity index (χ0) is 14.0. The summed E-state index contributed by atoms with van der Waals surface area (Å²) in [5.74, 6) is -0.594. The van der Waals surface area contributed by atoms with Crippen molar-refractivity contribution in [2.24, 2.45) is 0 Å². The van der Waals surface area contributed by atoms with Crippen LogP contribution < -0.4 is 11.1 Å². The summed E-state index contributed by atoms with van der Waals surface area (Å²) in [7, 11) is 0. The first-order valence-corrected chi connectivity index (χ1v) is 6.38. The molecule has 0 aromatic heterocycles. The van der Waals surface area contributed by atoms with Crippen LogP contribution in [-0.4, -0.2) is 5.91 Å². The molecule has 0 aliphatic carbocycles. The maximum atomic E-state index is 13.1. The van der Waals surface area contributed by atoms with Gasteiger partial charge in [0.05, 0.1) is 0 Å². The van der Waals surface area contributed by atoms with E-state index in [2.05, 4.69) is 21.2 Å². The van der Waals surface area contributed by atoms with Crippen LogP contribution in [0.25, 0.3) is 0 Å². The van der Waals surface area contributed by atoms with E-state index in [9.17, 15) is 9.18 Å². The van der Waals surface area contributed by atoms with Crippen LogP contribution in [0, 0.1) is 12.7 Å². The highest BCUT2D eigenvalue weighted by Crippen LogP contribution is 2.19. The van der Waals surface area contributed by atoms with Crippen LogP contribution in [0.2, 0.25) is 0 Å². The summed E-state index contributed by atoms with van der Waals surface area (Å²) in [6, 6.07) is 9.37. The Morgan fingerprint density at radius 3 is 2.63 bits per heavy atom. The summed E-state index contributed by atoms with van der Waals surface area (Å²) in [6.07, 6.45) is 0. The molecule has 2 aromatic carbocycles. The molecule has 2 rings (SSSR count). The van der Waals surface area contributed by atoms with E-state index in [0.29, 0.717) is 22.5 Å². The first kappa shape index (κ1) is 13.5. The fourth-order valence-electron chi connectivity index (χ4n) is 1.67. The zero-order valence-corrected chi connectivity index (χ0v) is 11.8. The van der Waals surface area contributed by atoms with Gasteiger partial charge in [-0.3, -0.25) is 4.79 Å². The van der Waals surface area contributed by atoms with E-state index in [0.717, 1.165) is 4.47 Å². The number of aryl methyl sites for hydroxylation is 1. The molecular formula is C14H12BrFN2O. The van der Waals surface area contributed by atoms with Crippen LogP contribution >= 0.6 is 15.9 Å². The number of rotatable bonds is 2. The van der Waals surface area contributed by atoms with Gasteiger partial charge in [-0.05, 0) is 48.9 Å². The lowest BCUT2D eigenvalue weighted by Crippen LogP contribution is -2.12. The molecule has 0 atom stereocenters. The van der Waals surface area contributed by atoms with Crippen LogP contribution in [0.5, 0.6) is 0 Å². The molecule has 0 spiro atoms. The van der Waals surface area contributed by atoms with E-state index < -0.39 is 0 Å². The molecule has 0 saturated carbocycles. The Balaban J connectivity index is 2.22. The molecular weight excluding hydrogens is 311 g/mol. The number of amides is 1. The van der Waals surface area contributed by atoms with Gasteiger partial charge in [-0.2, -0.15) is 0 Å². The fourth-order valence-corrected chi connectivity index (χ4v) is 2.18. The van der Waals surface area contributed by atoms with Gasteiger partial charge < -0.3 is 11.1 Å². The van der Waals surface area contributed by atoms with Crippen molar-refractivity contribution in [1.82, 2.24) is 0 Å². The lowest BCUT2D eigenvalue weighted by molar-refractivity contribution is 0.102. The smallest absolute Gasteiger partial charge is 0.255 e. The molecule has 5 heteroatoms. The van der Waals surface area contributed by atoms with Gasteiger partial charge in [0.2, 0.25) is 0 Å². The molecule has 0 aliphatic rings. The third-order valence-electron chi connectivity index (χ3n) is 2.60. The molecule has 3 nitrogen and oxygen atoms in total. The van der Waals surface area contributed by atoms with E-state index in [1.54, 1.807) is 31.2 Å². The molecule has 0 saturated heterocycles. The van der Waals surface area contributed by atoms with Gasteiger partial charge in [0.1, 0.15) is 5.82 Å². The third kappa shape index (κ3) is 3.32. The van der Waals surface area contributed by atoms with Crippen molar-refractivity contribution in [3.63, 3.8) is 0 Å². The van der Waals surface area contributed by atoms with E-state index in [1.165, 1.54) is 12.1 Å². The fraction of sp³-hybridized carbons (Fsp3) is 0.0714. The number of benzene rings is 2. The Labute approximate surface area is 118 Å². The number of halogens is 2. The molecule has 0 radical (unpaired) electrons. The van der Waals surface area contributed by atoms with E-state index in [-0.39, 0.29) is 11.7 Å². The van der Waals surface area contributed by atoms with Crippen LogP contribution in [0.3, 0.4) is 0 Å². The van der Waals surface area contributed by atoms with Crippen LogP contribution in [0.1, 0.15) is 15.9 Å². The highest BCUT2D eigenvalue weighted by Gasteiger charge is 2.08. The Kier molecular flexibility index (Phi) is 3.85. The summed E-state index contributed by atoms with van der Waals surface area (Å²) in [6.45, 7) is 1.64. The SMILES string of the molecule is Cc1cc(NC(=O)c2cc(N)cc(Br)c2)ccc1F. The van der Waals surface area contributed by atoms with Crippen molar-refractivity contribution < 1.29 is 9.18 Å². The minimum atomic E-state index is -0.301. The average molecular weight is 323 g/mol. The number of hydrogen-bond acceptors (Lipinski definition) is 2. The molecule has 19 heavy (non-hydrogen) atoms. The second-order valence-electron chi connectivity index (χ2n) is 4.19. The Morgan fingerprint density at radius 2 is 2.00 bits per heavy atom. The number of carbonyl (C=O) groups is 1. The number of carbonyl (C=O) groups excluding carboxylic acids is 1. The topological polar surface area (TPSA) is 55.1 Å². The van der Waals surface area contributed by atoms with Gasteiger partial charge in [0.15, 0.2) is 0 Å². The molecule has 0 bridgehead atoms. The van der Waals surface area contributed by atoms with Crippen molar-refractivity contribution >= 4 is 33.2 Å². The lowest BCUT2D eigenvalue weighted by atomic mass is 10.1. The van der Waals surface area contributed by atoms with Gasteiger partial charge >= 0.3 is 0 Å². The summed E-state index contributed by atoms with van der Waals surface area (Å²) >= 11 is 3.28. The number of nitrogens with two attached hydrogens (primary N) is 1. The van der Waals surface area contributed by atoms with Gasteiger partial charge in [-0.15, -0.1) is 0 Å². The molecule has 0 heterocycles. The van der Waals surface area contributed by atoms with Crippen LogP contribution in [-0.2, 0) is 0 Å². The third-order valence-corrected chi connectivity index (χ3v) is 3.06. The number of hydrogen-bond donors (Lipinski definition) is 2. The van der Waals surface area contributed by atoms with E-state index >= 15 is 0 Å². The van der Waals surface area contributed by atoms with Crippen molar-refractivity contribution in [2.45, 2.75) is 6.92 Å². The van der Waals surface area contributed by atoms with Crippen molar-refractivity contribution in [3.8, 4) is 0 Å². The maximum Gasteiger partial charge on any atom is 0.255 e. The Hall–Kier alpha value is -1.88. The largest absolute Gasteiger partial charge is 0.399 e. The second-order valence-corrected chi connectivity index (χ2v) is 5.11. The van der Waals surface area contributed by atoms with Crippen LogP contribution in [0.15, 0.2) is 40.9 Å². The Bertz CT molecular complexity index is 623. The molecule has 3 N–H and O–H groups in total. The van der Waals surface area contributed by atoms with Gasteiger partial charge in [0, 0.05) is 21.4 Å². The summed E-state index contributed by atoms with van der Waals surface area (Å²) in [5, 5.41) is 2.70. The Morgan fingerprint density at radius 1 is 1.26 bits per heavy atom. The number of anilines is 2.